The fraction of sp³-hybridized carbons (Fsp3) is 0.500. The van der Waals surface area contributed by atoms with Crippen molar-refractivity contribution >= 4 is 27.7 Å². The standard InChI is InChI=1S/C12H14BrN3O/c13-8-3-6-15-10(7-8)16-9-1-4-12(16,5-2-9)11(14)17/h3,6-7,9H,1-2,4-5H2,(H2,14,17). The number of nitrogens with two attached hydrogens (primary N) is 1. The molecule has 0 atom stereocenters. The van der Waals surface area contributed by atoms with Crippen LogP contribution in [0.1, 0.15) is 25.7 Å². The Kier molecular flexibility index (Phi) is 2.40. The Bertz CT molecular complexity index is 469. The lowest BCUT2D eigenvalue weighted by Crippen LogP contribution is -2.52. The fourth-order valence-corrected chi connectivity index (χ4v) is 3.55. The molecule has 0 saturated carbocycles. The molecule has 1 aromatic heterocycles. The summed E-state index contributed by atoms with van der Waals surface area (Å²) >= 11 is 3.44. The van der Waals surface area contributed by atoms with E-state index in [1.165, 1.54) is 0 Å². The molecule has 2 N–H and O–H groups in total. The molecule has 0 unspecified atom stereocenters. The number of carbonyl (C=O) groups is 1. The number of anilines is 1. The number of carbonyl (C=O) groups excluding carboxylic acids is 1. The van der Waals surface area contributed by atoms with Crippen LogP contribution in [-0.4, -0.2) is 22.5 Å². The van der Waals surface area contributed by atoms with Crippen LogP contribution in [0.4, 0.5) is 5.82 Å². The molecule has 0 aliphatic carbocycles. The number of hydrogen-bond acceptors (Lipinski definition) is 3. The van der Waals surface area contributed by atoms with Gasteiger partial charge >= 0.3 is 0 Å². The van der Waals surface area contributed by atoms with Crippen molar-refractivity contribution in [2.75, 3.05) is 4.90 Å². The van der Waals surface area contributed by atoms with Crippen molar-refractivity contribution in [2.45, 2.75) is 37.3 Å². The van der Waals surface area contributed by atoms with Gasteiger partial charge in [0.15, 0.2) is 0 Å². The van der Waals surface area contributed by atoms with Gasteiger partial charge in [-0.05, 0) is 37.8 Å². The summed E-state index contributed by atoms with van der Waals surface area (Å²) in [4.78, 5) is 18.3. The van der Waals surface area contributed by atoms with E-state index in [2.05, 4.69) is 25.8 Å². The first-order chi connectivity index (χ1) is 8.13. The Labute approximate surface area is 108 Å². The number of halogens is 1. The Morgan fingerprint density at radius 2 is 2.24 bits per heavy atom. The summed E-state index contributed by atoms with van der Waals surface area (Å²) in [5.74, 6) is 0.650. The number of rotatable bonds is 2. The van der Waals surface area contributed by atoms with E-state index in [1.807, 2.05) is 12.1 Å². The normalized spacial score (nSPS) is 30.9. The van der Waals surface area contributed by atoms with Gasteiger partial charge in [-0.2, -0.15) is 0 Å². The molecule has 1 aromatic rings. The molecule has 2 aliphatic rings. The molecular formula is C12H14BrN3O. The van der Waals surface area contributed by atoms with Crippen molar-refractivity contribution in [3.05, 3.63) is 22.8 Å². The summed E-state index contributed by atoms with van der Waals surface area (Å²) < 4.78 is 0.980. The zero-order valence-electron chi connectivity index (χ0n) is 9.40. The third kappa shape index (κ3) is 1.48. The van der Waals surface area contributed by atoms with Gasteiger partial charge in [-0.25, -0.2) is 4.98 Å². The SMILES string of the molecule is NC(=O)C12CCC(CC1)N2c1cc(Br)ccn1. The van der Waals surface area contributed by atoms with E-state index in [-0.39, 0.29) is 5.91 Å². The summed E-state index contributed by atoms with van der Waals surface area (Å²) in [6.07, 6.45) is 5.56. The summed E-state index contributed by atoms with van der Waals surface area (Å²) in [7, 11) is 0. The van der Waals surface area contributed by atoms with Gasteiger partial charge in [-0.1, -0.05) is 15.9 Å². The zero-order valence-corrected chi connectivity index (χ0v) is 11.0. The molecule has 2 aliphatic heterocycles. The van der Waals surface area contributed by atoms with Crippen LogP contribution < -0.4 is 10.6 Å². The van der Waals surface area contributed by atoms with Crippen molar-refractivity contribution in [1.29, 1.82) is 0 Å². The average Bonchev–Trinajstić information content (AvgIpc) is 2.85. The van der Waals surface area contributed by atoms with Gasteiger partial charge < -0.3 is 10.6 Å². The highest BCUT2D eigenvalue weighted by atomic mass is 79.9. The summed E-state index contributed by atoms with van der Waals surface area (Å²) in [6, 6.07) is 4.27. The number of hydrogen-bond donors (Lipinski definition) is 1. The number of amides is 1. The molecule has 0 aromatic carbocycles. The summed E-state index contributed by atoms with van der Waals surface area (Å²) in [5, 5.41) is 0. The predicted molar refractivity (Wildman–Crippen MR) is 68.6 cm³/mol. The fourth-order valence-electron chi connectivity index (χ4n) is 3.23. The maximum absolute atomic E-state index is 11.8. The van der Waals surface area contributed by atoms with Gasteiger partial charge in [-0.15, -0.1) is 0 Å². The van der Waals surface area contributed by atoms with E-state index < -0.39 is 5.54 Å². The second kappa shape index (κ2) is 3.70. The molecule has 4 nitrogen and oxygen atoms in total. The molecule has 0 spiro atoms. The van der Waals surface area contributed by atoms with Gasteiger partial charge in [0.1, 0.15) is 11.4 Å². The van der Waals surface area contributed by atoms with E-state index in [0.29, 0.717) is 6.04 Å². The lowest BCUT2D eigenvalue weighted by Gasteiger charge is -2.32. The van der Waals surface area contributed by atoms with Crippen molar-refractivity contribution in [3.8, 4) is 0 Å². The van der Waals surface area contributed by atoms with Crippen LogP contribution in [0.25, 0.3) is 0 Å². The number of primary amides is 1. The van der Waals surface area contributed by atoms with Gasteiger partial charge in [0.25, 0.3) is 0 Å². The zero-order chi connectivity index (χ0) is 12.0. The van der Waals surface area contributed by atoms with Crippen molar-refractivity contribution in [3.63, 3.8) is 0 Å². The maximum atomic E-state index is 11.8. The number of aromatic nitrogens is 1. The van der Waals surface area contributed by atoms with Crippen LogP contribution in [0.15, 0.2) is 22.8 Å². The van der Waals surface area contributed by atoms with Gasteiger partial charge in [-0.3, -0.25) is 4.79 Å². The molecule has 1 amide bonds. The molecule has 2 saturated heterocycles. The maximum Gasteiger partial charge on any atom is 0.243 e. The van der Waals surface area contributed by atoms with Crippen LogP contribution in [-0.2, 0) is 4.79 Å². The lowest BCUT2D eigenvalue weighted by atomic mass is 9.87. The topological polar surface area (TPSA) is 59.2 Å². The molecule has 2 fully saturated rings. The van der Waals surface area contributed by atoms with Crippen LogP contribution >= 0.6 is 15.9 Å². The van der Waals surface area contributed by atoms with Crippen LogP contribution in [0.5, 0.6) is 0 Å². The van der Waals surface area contributed by atoms with E-state index in [4.69, 9.17) is 5.73 Å². The minimum Gasteiger partial charge on any atom is -0.368 e. The van der Waals surface area contributed by atoms with Gasteiger partial charge in [0, 0.05) is 16.7 Å². The van der Waals surface area contributed by atoms with E-state index >= 15 is 0 Å². The van der Waals surface area contributed by atoms with Gasteiger partial charge in [0.2, 0.25) is 5.91 Å². The molecule has 2 bridgehead atoms. The second-order valence-electron chi connectivity index (χ2n) is 4.83. The molecule has 3 rings (SSSR count). The first-order valence-electron chi connectivity index (χ1n) is 5.84. The minimum absolute atomic E-state index is 0.209. The highest BCUT2D eigenvalue weighted by molar-refractivity contribution is 9.10. The first-order valence-corrected chi connectivity index (χ1v) is 6.63. The Hall–Kier alpha value is -1.10. The average molecular weight is 296 g/mol. The monoisotopic (exact) mass is 295 g/mol. The third-order valence-corrected chi connectivity index (χ3v) is 4.51. The van der Waals surface area contributed by atoms with Gasteiger partial charge in [0.05, 0.1) is 0 Å². The molecular weight excluding hydrogens is 282 g/mol. The van der Waals surface area contributed by atoms with Crippen LogP contribution in [0.3, 0.4) is 0 Å². The molecule has 0 radical (unpaired) electrons. The van der Waals surface area contributed by atoms with Crippen molar-refractivity contribution in [2.24, 2.45) is 5.73 Å². The van der Waals surface area contributed by atoms with Crippen LogP contribution in [0.2, 0.25) is 0 Å². The first kappa shape index (κ1) is 11.0. The smallest absolute Gasteiger partial charge is 0.243 e. The Morgan fingerprint density at radius 1 is 1.53 bits per heavy atom. The summed E-state index contributed by atoms with van der Waals surface area (Å²) in [6.45, 7) is 0. The van der Waals surface area contributed by atoms with E-state index in [0.717, 1.165) is 36.0 Å². The summed E-state index contributed by atoms with van der Waals surface area (Å²) in [5.41, 5.74) is 5.13. The quantitative estimate of drug-likeness (QED) is 0.905. The second-order valence-corrected chi connectivity index (χ2v) is 5.74. The van der Waals surface area contributed by atoms with Crippen LogP contribution in [0, 0.1) is 0 Å². The Balaban J connectivity index is 2.05. The highest BCUT2D eigenvalue weighted by Crippen LogP contribution is 2.48. The number of nitrogens with zero attached hydrogens (tertiary/aromatic N) is 2. The minimum atomic E-state index is -0.488. The number of fused-ring (bicyclic) bond motifs is 2. The predicted octanol–water partition coefficient (Wildman–Crippen LogP) is 1.83. The highest BCUT2D eigenvalue weighted by Gasteiger charge is 2.55. The van der Waals surface area contributed by atoms with Crippen molar-refractivity contribution in [1.82, 2.24) is 4.98 Å². The lowest BCUT2D eigenvalue weighted by molar-refractivity contribution is -0.122. The molecule has 3 heterocycles. The van der Waals surface area contributed by atoms with E-state index in [1.54, 1.807) is 6.20 Å². The molecule has 5 heteroatoms. The molecule has 17 heavy (non-hydrogen) atoms. The largest absolute Gasteiger partial charge is 0.368 e. The Morgan fingerprint density at radius 3 is 2.82 bits per heavy atom. The van der Waals surface area contributed by atoms with E-state index in [9.17, 15) is 4.79 Å². The van der Waals surface area contributed by atoms with Crippen molar-refractivity contribution < 1.29 is 4.79 Å². The number of pyridine rings is 1. The third-order valence-electron chi connectivity index (χ3n) is 4.02. The molecule has 90 valence electrons.